The molecule has 0 amide bonds. The normalized spacial score (nSPS) is 22.4. The highest BCUT2D eigenvalue weighted by atomic mass is 79.9. The number of benzene rings is 1. The molecule has 0 spiro atoms. The van der Waals surface area contributed by atoms with Crippen LogP contribution in [0.5, 0.6) is 0 Å². The molecule has 0 bridgehead atoms. The predicted molar refractivity (Wildman–Crippen MR) is 93.5 cm³/mol. The lowest BCUT2D eigenvalue weighted by atomic mass is 9.82. The molecule has 0 saturated heterocycles. The molecule has 3 rings (SSSR count). The molecule has 4 heteroatoms. The first-order valence-electron chi connectivity index (χ1n) is 7.79. The van der Waals surface area contributed by atoms with Crippen LogP contribution in [0.4, 0.5) is 11.4 Å². The van der Waals surface area contributed by atoms with E-state index in [1.165, 1.54) is 32.1 Å². The number of nitrogens with two attached hydrogens (primary N) is 1. The van der Waals surface area contributed by atoms with E-state index in [0.717, 1.165) is 32.7 Å². The first-order chi connectivity index (χ1) is 10.2. The Hall–Kier alpha value is -1.29. The van der Waals surface area contributed by atoms with Crippen molar-refractivity contribution in [1.82, 2.24) is 4.98 Å². The van der Waals surface area contributed by atoms with E-state index in [1.54, 1.807) is 6.20 Å². The van der Waals surface area contributed by atoms with Gasteiger partial charge in [-0.05, 0) is 37.0 Å². The van der Waals surface area contributed by atoms with Gasteiger partial charge in [-0.25, -0.2) is 0 Å². The van der Waals surface area contributed by atoms with Crippen LogP contribution < -0.4 is 11.1 Å². The third kappa shape index (κ3) is 3.00. The standard InChI is InChI=1S/C17H22BrN3/c1-2-11-5-3-4-6-15(11)21-17-13-9-12(18)7-8-16(13)20-10-14(17)19/h7-11,15H,2-6,19H2,1H3,(H,20,21). The Morgan fingerprint density at radius 2 is 2.14 bits per heavy atom. The van der Waals surface area contributed by atoms with E-state index >= 15 is 0 Å². The Labute approximate surface area is 134 Å². The van der Waals surface area contributed by atoms with Gasteiger partial charge in [-0.2, -0.15) is 0 Å². The fourth-order valence-electron chi connectivity index (χ4n) is 3.41. The van der Waals surface area contributed by atoms with Gasteiger partial charge in [0.25, 0.3) is 0 Å². The minimum atomic E-state index is 0.524. The van der Waals surface area contributed by atoms with E-state index in [-0.39, 0.29) is 0 Å². The quantitative estimate of drug-likeness (QED) is 0.824. The van der Waals surface area contributed by atoms with Gasteiger partial charge >= 0.3 is 0 Å². The average Bonchev–Trinajstić information content (AvgIpc) is 2.50. The number of hydrogen-bond acceptors (Lipinski definition) is 3. The molecule has 1 saturated carbocycles. The van der Waals surface area contributed by atoms with Crippen molar-refractivity contribution in [2.45, 2.75) is 45.1 Å². The zero-order valence-electron chi connectivity index (χ0n) is 12.4. The largest absolute Gasteiger partial charge is 0.396 e. The van der Waals surface area contributed by atoms with Crippen LogP contribution in [0.1, 0.15) is 39.0 Å². The third-order valence-corrected chi connectivity index (χ3v) is 5.12. The Morgan fingerprint density at radius 3 is 2.95 bits per heavy atom. The number of rotatable bonds is 3. The monoisotopic (exact) mass is 347 g/mol. The summed E-state index contributed by atoms with van der Waals surface area (Å²) in [6.45, 7) is 2.29. The molecule has 3 N–H and O–H groups in total. The summed E-state index contributed by atoms with van der Waals surface area (Å²) in [5.74, 6) is 0.744. The number of hydrogen-bond donors (Lipinski definition) is 2. The smallest absolute Gasteiger partial charge is 0.0743 e. The van der Waals surface area contributed by atoms with Crippen LogP contribution in [0.15, 0.2) is 28.9 Å². The molecule has 1 aliphatic carbocycles. The van der Waals surface area contributed by atoms with Crippen molar-refractivity contribution < 1.29 is 0 Å². The van der Waals surface area contributed by atoms with E-state index in [0.29, 0.717) is 6.04 Å². The van der Waals surface area contributed by atoms with Gasteiger partial charge in [0.2, 0.25) is 0 Å². The van der Waals surface area contributed by atoms with Crippen molar-refractivity contribution in [1.29, 1.82) is 0 Å². The minimum Gasteiger partial charge on any atom is -0.396 e. The highest BCUT2D eigenvalue weighted by Crippen LogP contribution is 2.35. The first kappa shape index (κ1) is 14.6. The Bertz CT molecular complexity index is 636. The van der Waals surface area contributed by atoms with Gasteiger partial charge in [-0.15, -0.1) is 0 Å². The maximum atomic E-state index is 6.20. The zero-order chi connectivity index (χ0) is 14.8. The van der Waals surface area contributed by atoms with E-state index in [4.69, 9.17) is 5.73 Å². The summed E-state index contributed by atoms with van der Waals surface area (Å²) < 4.78 is 1.06. The van der Waals surface area contributed by atoms with Gasteiger partial charge in [0.15, 0.2) is 0 Å². The highest BCUT2D eigenvalue weighted by Gasteiger charge is 2.24. The second-order valence-electron chi connectivity index (χ2n) is 5.95. The van der Waals surface area contributed by atoms with Crippen molar-refractivity contribution in [3.05, 3.63) is 28.9 Å². The number of anilines is 2. The van der Waals surface area contributed by atoms with Crippen LogP contribution in [-0.2, 0) is 0 Å². The van der Waals surface area contributed by atoms with Gasteiger partial charge in [-0.1, -0.05) is 42.1 Å². The van der Waals surface area contributed by atoms with E-state index in [2.05, 4.69) is 39.2 Å². The highest BCUT2D eigenvalue weighted by molar-refractivity contribution is 9.10. The summed E-state index contributed by atoms with van der Waals surface area (Å²) in [4.78, 5) is 4.43. The van der Waals surface area contributed by atoms with Crippen molar-refractivity contribution in [2.75, 3.05) is 11.1 Å². The van der Waals surface area contributed by atoms with Crippen molar-refractivity contribution >= 4 is 38.2 Å². The summed E-state index contributed by atoms with van der Waals surface area (Å²) in [5.41, 5.74) is 8.97. The summed E-state index contributed by atoms with van der Waals surface area (Å²) in [7, 11) is 0. The molecule has 2 atom stereocenters. The van der Waals surface area contributed by atoms with E-state index in [1.807, 2.05) is 12.1 Å². The first-order valence-corrected chi connectivity index (χ1v) is 8.58. The molecule has 3 nitrogen and oxygen atoms in total. The molecule has 1 aromatic carbocycles. The SMILES string of the molecule is CCC1CCCCC1Nc1c(N)cnc2ccc(Br)cc12. The Kier molecular flexibility index (Phi) is 4.34. The topological polar surface area (TPSA) is 50.9 Å². The molecule has 0 radical (unpaired) electrons. The lowest BCUT2D eigenvalue weighted by Gasteiger charge is -2.33. The Morgan fingerprint density at radius 1 is 1.33 bits per heavy atom. The molecular weight excluding hydrogens is 326 g/mol. The predicted octanol–water partition coefficient (Wildman–Crippen LogP) is 4.96. The number of halogens is 1. The molecule has 1 fully saturated rings. The molecule has 2 aromatic rings. The average molecular weight is 348 g/mol. The number of aromatic nitrogens is 1. The van der Waals surface area contributed by atoms with Crippen LogP contribution in [0, 0.1) is 5.92 Å². The Balaban J connectivity index is 1.99. The van der Waals surface area contributed by atoms with Crippen LogP contribution in [0.3, 0.4) is 0 Å². The molecule has 0 aliphatic heterocycles. The van der Waals surface area contributed by atoms with Gasteiger partial charge < -0.3 is 11.1 Å². The summed E-state index contributed by atoms with van der Waals surface area (Å²) in [5, 5.41) is 4.84. The van der Waals surface area contributed by atoms with E-state index in [9.17, 15) is 0 Å². The number of nitrogen functional groups attached to an aromatic ring is 1. The molecular formula is C17H22BrN3. The van der Waals surface area contributed by atoms with E-state index < -0.39 is 0 Å². The van der Waals surface area contributed by atoms with Crippen LogP contribution in [0.2, 0.25) is 0 Å². The third-order valence-electron chi connectivity index (χ3n) is 4.62. The number of nitrogens with one attached hydrogen (secondary N) is 1. The molecule has 21 heavy (non-hydrogen) atoms. The maximum absolute atomic E-state index is 6.20. The fraction of sp³-hybridized carbons (Fsp3) is 0.471. The molecule has 2 unspecified atom stereocenters. The van der Waals surface area contributed by atoms with Crippen molar-refractivity contribution in [3.63, 3.8) is 0 Å². The lowest BCUT2D eigenvalue weighted by molar-refractivity contribution is 0.317. The van der Waals surface area contributed by atoms with Gasteiger partial charge in [-0.3, -0.25) is 4.98 Å². The van der Waals surface area contributed by atoms with Crippen molar-refractivity contribution in [3.8, 4) is 0 Å². The van der Waals surface area contributed by atoms with Gasteiger partial charge in [0.1, 0.15) is 0 Å². The number of nitrogens with zero attached hydrogens (tertiary/aromatic N) is 1. The number of fused-ring (bicyclic) bond motifs is 1. The second-order valence-corrected chi connectivity index (χ2v) is 6.87. The lowest BCUT2D eigenvalue weighted by Crippen LogP contribution is -2.32. The fourth-order valence-corrected chi connectivity index (χ4v) is 3.77. The number of pyridine rings is 1. The summed E-state index contributed by atoms with van der Waals surface area (Å²) in [6, 6.07) is 6.67. The van der Waals surface area contributed by atoms with Gasteiger partial charge in [0.05, 0.1) is 23.1 Å². The second kappa shape index (κ2) is 6.22. The molecule has 1 heterocycles. The molecule has 1 aliphatic rings. The molecule has 112 valence electrons. The maximum Gasteiger partial charge on any atom is 0.0743 e. The summed E-state index contributed by atoms with van der Waals surface area (Å²) in [6.07, 6.45) is 8.21. The minimum absolute atomic E-state index is 0.524. The van der Waals surface area contributed by atoms with Gasteiger partial charge in [0, 0.05) is 15.9 Å². The van der Waals surface area contributed by atoms with Crippen LogP contribution >= 0.6 is 15.9 Å². The zero-order valence-corrected chi connectivity index (χ0v) is 14.0. The van der Waals surface area contributed by atoms with Crippen LogP contribution in [0.25, 0.3) is 10.9 Å². The molecule has 1 aromatic heterocycles. The summed E-state index contributed by atoms with van der Waals surface area (Å²) >= 11 is 3.55. The van der Waals surface area contributed by atoms with Crippen molar-refractivity contribution in [2.24, 2.45) is 5.92 Å². The van der Waals surface area contributed by atoms with Crippen LogP contribution in [-0.4, -0.2) is 11.0 Å².